The van der Waals surface area contributed by atoms with Crippen molar-refractivity contribution in [2.75, 3.05) is 7.11 Å². The minimum Gasteiger partial charge on any atom is -0.472 e. The first-order chi connectivity index (χ1) is 22.4. The van der Waals surface area contributed by atoms with Crippen molar-refractivity contribution in [1.82, 2.24) is 0 Å². The molecule has 0 spiro atoms. The van der Waals surface area contributed by atoms with E-state index in [0.29, 0.717) is 18.4 Å². The van der Waals surface area contributed by atoms with Crippen LogP contribution in [0, 0.1) is 34.0 Å². The SMILES string of the molecule is C/C=C(\C)C(=O)O[C@H]1[C@]2(C)C[C@@]3(O)[C@](C)([C@H]4CC[C@]5(C)C(=C4[C@H](OC(=O)C(C)C)[C@@]13O)[C@@H](O)C(=O)O[C@H]5c1ccoc1)[C@H]2CC(=O)OC. The van der Waals surface area contributed by atoms with Gasteiger partial charge in [0.15, 0.2) is 17.8 Å². The Morgan fingerprint density at radius 2 is 1.83 bits per heavy atom. The molecule has 5 aliphatic rings. The highest BCUT2D eigenvalue weighted by Crippen LogP contribution is 2.81. The lowest BCUT2D eigenvalue weighted by Crippen LogP contribution is -2.80. The van der Waals surface area contributed by atoms with Gasteiger partial charge >= 0.3 is 23.9 Å². The number of carbonyl (C=O) groups excluding carboxylic acids is 4. The highest BCUT2D eigenvalue weighted by molar-refractivity contribution is 5.88. The molecule has 11 atom stereocenters. The van der Waals surface area contributed by atoms with Gasteiger partial charge in [-0.1, -0.05) is 40.7 Å². The third kappa shape index (κ3) is 4.11. The maximum absolute atomic E-state index is 13.6. The normalized spacial score (nSPS) is 43.0. The van der Waals surface area contributed by atoms with E-state index in [-0.39, 0.29) is 29.6 Å². The number of allylic oxidation sites excluding steroid dienone is 1. The van der Waals surface area contributed by atoms with Crippen LogP contribution in [0.15, 0.2) is 45.8 Å². The number of hydrogen-bond acceptors (Lipinski definition) is 12. The molecule has 262 valence electrons. The Hall–Kier alpha value is -3.48. The van der Waals surface area contributed by atoms with Gasteiger partial charge in [-0.25, -0.2) is 9.59 Å². The van der Waals surface area contributed by atoms with Gasteiger partial charge in [0.05, 0.1) is 25.6 Å². The summed E-state index contributed by atoms with van der Waals surface area (Å²) in [5.74, 6) is -5.01. The molecule has 4 fully saturated rings. The third-order valence-electron chi connectivity index (χ3n) is 12.8. The molecular formula is C36H46O12. The van der Waals surface area contributed by atoms with Gasteiger partial charge in [0.25, 0.3) is 0 Å². The average molecular weight is 671 g/mol. The van der Waals surface area contributed by atoms with Crippen molar-refractivity contribution in [3.05, 3.63) is 47.0 Å². The van der Waals surface area contributed by atoms with E-state index in [1.165, 1.54) is 19.6 Å². The van der Waals surface area contributed by atoms with Crippen molar-refractivity contribution >= 4 is 23.9 Å². The van der Waals surface area contributed by atoms with Crippen LogP contribution in [0.25, 0.3) is 0 Å². The van der Waals surface area contributed by atoms with Crippen molar-refractivity contribution in [2.24, 2.45) is 34.0 Å². The summed E-state index contributed by atoms with van der Waals surface area (Å²) in [5, 5.41) is 38.1. The van der Waals surface area contributed by atoms with Gasteiger partial charge in [-0.15, -0.1) is 0 Å². The minimum atomic E-state index is -2.46. The third-order valence-corrected chi connectivity index (χ3v) is 12.8. The predicted octanol–water partition coefficient (Wildman–Crippen LogP) is 3.48. The molecule has 48 heavy (non-hydrogen) atoms. The Kier molecular flexibility index (Phi) is 7.89. The zero-order chi connectivity index (χ0) is 35.4. The number of ether oxygens (including phenoxy) is 4. The largest absolute Gasteiger partial charge is 0.472 e. The van der Waals surface area contributed by atoms with Crippen molar-refractivity contribution in [1.29, 1.82) is 0 Å². The van der Waals surface area contributed by atoms with Gasteiger partial charge in [0, 0.05) is 33.8 Å². The van der Waals surface area contributed by atoms with E-state index in [2.05, 4.69) is 0 Å². The Morgan fingerprint density at radius 3 is 2.42 bits per heavy atom. The standard InChI is InChI=1S/C36H46O12/c1-9-18(4)29(40)48-31-33(6)16-35(42)34(7,21(33)14-22(37)44-8)20-10-12-32(5)24(23(20)27(36(31,35)43)47-28(39)17(2)3)25(38)30(41)46-26(32)19-11-13-45-15-19/h9,11,13,15,17,20-21,25-27,31,38,42-43H,10,12,14,16H2,1-8H3/b18-9+/t20-,21-,25+,26-,27-,31-,32+,33+,34+,35+,36+/m0/s1. The molecular weight excluding hydrogens is 624 g/mol. The van der Waals surface area contributed by atoms with Crippen LogP contribution in [-0.4, -0.2) is 75.8 Å². The number of carbonyl (C=O) groups is 4. The second-order valence-electron chi connectivity index (χ2n) is 15.4. The summed E-state index contributed by atoms with van der Waals surface area (Å²) < 4.78 is 28.6. The fraction of sp³-hybridized carbons (Fsp3) is 0.667. The van der Waals surface area contributed by atoms with Crippen molar-refractivity contribution < 1.29 is 57.9 Å². The minimum absolute atomic E-state index is 0.0875. The summed E-state index contributed by atoms with van der Waals surface area (Å²) in [6.07, 6.45) is -0.893. The van der Waals surface area contributed by atoms with Crippen LogP contribution in [0.4, 0.5) is 0 Å². The highest BCUT2D eigenvalue weighted by atomic mass is 16.6. The van der Waals surface area contributed by atoms with Crippen LogP contribution in [-0.2, 0) is 38.1 Å². The summed E-state index contributed by atoms with van der Waals surface area (Å²) in [5.41, 5.74) is -6.80. The topological polar surface area (TPSA) is 179 Å². The van der Waals surface area contributed by atoms with Crippen molar-refractivity contribution in [2.45, 2.75) is 110 Å². The molecule has 4 aliphatic carbocycles. The molecule has 0 aromatic carbocycles. The lowest BCUT2D eigenvalue weighted by atomic mass is 9.40. The van der Waals surface area contributed by atoms with Crippen LogP contribution in [0.5, 0.6) is 0 Å². The summed E-state index contributed by atoms with van der Waals surface area (Å²) >= 11 is 0. The van der Waals surface area contributed by atoms with Crippen LogP contribution in [0.1, 0.15) is 85.8 Å². The maximum Gasteiger partial charge on any atom is 0.339 e. The van der Waals surface area contributed by atoms with E-state index < -0.39 is 93.5 Å². The lowest BCUT2D eigenvalue weighted by Gasteiger charge is -2.68. The molecule has 1 aromatic heterocycles. The summed E-state index contributed by atoms with van der Waals surface area (Å²) in [6, 6.07) is 1.67. The molecule has 1 aliphatic heterocycles. The Morgan fingerprint density at radius 1 is 1.15 bits per heavy atom. The van der Waals surface area contributed by atoms with E-state index in [0.717, 1.165) is 0 Å². The van der Waals surface area contributed by atoms with Gasteiger partial charge < -0.3 is 38.7 Å². The first-order valence-corrected chi connectivity index (χ1v) is 16.6. The smallest absolute Gasteiger partial charge is 0.339 e. The van der Waals surface area contributed by atoms with Crippen LogP contribution >= 0.6 is 0 Å². The highest BCUT2D eigenvalue weighted by Gasteiger charge is 2.90. The molecule has 2 bridgehead atoms. The number of cyclic esters (lactones) is 1. The molecule has 1 aromatic rings. The van der Waals surface area contributed by atoms with Gasteiger partial charge in [-0.05, 0) is 62.2 Å². The first-order valence-electron chi connectivity index (χ1n) is 16.6. The maximum atomic E-state index is 13.6. The number of esters is 4. The number of methoxy groups -OCH3 is 1. The monoisotopic (exact) mass is 670 g/mol. The molecule has 3 saturated carbocycles. The molecule has 0 unspecified atom stereocenters. The molecule has 6 rings (SSSR count). The Labute approximate surface area is 279 Å². The van der Waals surface area contributed by atoms with Crippen molar-refractivity contribution in [3.8, 4) is 0 Å². The predicted molar refractivity (Wildman–Crippen MR) is 166 cm³/mol. The van der Waals surface area contributed by atoms with E-state index in [4.69, 9.17) is 23.4 Å². The van der Waals surface area contributed by atoms with Gasteiger partial charge in [0.1, 0.15) is 17.8 Å². The van der Waals surface area contributed by atoms with Gasteiger partial charge in [-0.3, -0.25) is 9.59 Å². The molecule has 0 radical (unpaired) electrons. The summed E-state index contributed by atoms with van der Waals surface area (Å²) in [6.45, 7) is 11.9. The van der Waals surface area contributed by atoms with Crippen LogP contribution in [0.3, 0.4) is 0 Å². The zero-order valence-electron chi connectivity index (χ0n) is 28.7. The lowest BCUT2D eigenvalue weighted by molar-refractivity contribution is -0.316. The molecule has 0 amide bonds. The first kappa shape index (κ1) is 34.4. The van der Waals surface area contributed by atoms with Crippen LogP contribution < -0.4 is 0 Å². The zero-order valence-corrected chi connectivity index (χ0v) is 28.7. The number of fused-ring (bicyclic) bond motifs is 4. The number of hydrogen-bond donors (Lipinski definition) is 3. The molecule has 3 N–H and O–H groups in total. The van der Waals surface area contributed by atoms with Crippen molar-refractivity contribution in [3.63, 3.8) is 0 Å². The van der Waals surface area contributed by atoms with E-state index >= 15 is 0 Å². The molecule has 1 saturated heterocycles. The van der Waals surface area contributed by atoms with E-state index in [1.54, 1.807) is 53.7 Å². The Bertz CT molecular complexity index is 1610. The average Bonchev–Trinajstić information content (AvgIpc) is 3.68. The number of aliphatic hydroxyl groups is 3. The van der Waals surface area contributed by atoms with Gasteiger partial charge in [-0.2, -0.15) is 0 Å². The van der Waals surface area contributed by atoms with Gasteiger partial charge in [0.2, 0.25) is 0 Å². The van der Waals surface area contributed by atoms with Crippen LogP contribution in [0.2, 0.25) is 0 Å². The number of rotatable bonds is 7. The molecule has 2 heterocycles. The second kappa shape index (κ2) is 11.0. The second-order valence-corrected chi connectivity index (χ2v) is 15.4. The summed E-state index contributed by atoms with van der Waals surface area (Å²) in [7, 11) is 1.26. The fourth-order valence-electron chi connectivity index (χ4n) is 10.4. The van der Waals surface area contributed by atoms with E-state index in [9.17, 15) is 34.5 Å². The summed E-state index contributed by atoms with van der Waals surface area (Å²) in [4.78, 5) is 53.6. The Balaban J connectivity index is 1.69. The quantitative estimate of drug-likeness (QED) is 0.167. The number of aliphatic hydroxyl groups excluding tert-OH is 1. The number of furan rings is 1. The molecule has 12 nitrogen and oxygen atoms in total. The van der Waals surface area contributed by atoms with E-state index in [1.807, 2.05) is 6.92 Å². The molecule has 12 heteroatoms. The fourth-order valence-corrected chi connectivity index (χ4v) is 10.4.